The number of pyridine rings is 1. The third-order valence-electron chi connectivity index (χ3n) is 24.9. The van der Waals surface area contributed by atoms with Gasteiger partial charge in [-0.3, -0.25) is 42.9 Å². The maximum absolute atomic E-state index is 14.0. The molecule has 3 atom stereocenters. The molecule has 4 N–H and O–H groups in total. The molecule has 45 heteroatoms. The van der Waals surface area contributed by atoms with Crippen molar-refractivity contribution >= 4 is 204 Å². The molecular formula is C95H107Cl2F3N20O13S7. The van der Waals surface area contributed by atoms with Crippen LogP contribution in [0.1, 0.15) is 59.5 Å². The second-order valence-corrected chi connectivity index (χ2v) is 43.6. The number of para-hydroxylation sites is 1. The van der Waals surface area contributed by atoms with Crippen LogP contribution in [0.2, 0.25) is 10.2 Å². The van der Waals surface area contributed by atoms with Gasteiger partial charge in [-0.25, -0.2) is 61.8 Å². The zero-order chi connectivity index (χ0) is 98.5. The van der Waals surface area contributed by atoms with Crippen LogP contribution >= 0.6 is 57.2 Å². The summed E-state index contributed by atoms with van der Waals surface area (Å²) < 4.78 is 156. The highest BCUT2D eigenvalue weighted by Crippen LogP contribution is 2.41. The molecule has 742 valence electrons. The van der Waals surface area contributed by atoms with Crippen molar-refractivity contribution in [2.45, 2.75) is 90.7 Å². The van der Waals surface area contributed by atoms with E-state index in [-0.39, 0.29) is 116 Å². The summed E-state index contributed by atoms with van der Waals surface area (Å²) >= 11 is 15.5. The fourth-order valence-electron chi connectivity index (χ4n) is 17.7. The first kappa shape index (κ1) is 98.3. The number of sulfonamides is 4. The van der Waals surface area contributed by atoms with Crippen LogP contribution in [0.4, 0.5) is 68.4 Å². The third-order valence-corrected chi connectivity index (χ3v) is 33.5. The molecule has 0 spiro atoms. The van der Waals surface area contributed by atoms with E-state index in [2.05, 4.69) is 58.7 Å². The number of hydrogen-bond acceptors (Lipinski definition) is 25. The number of aryl methyl sites for hydroxylation is 2. The first-order chi connectivity index (χ1) is 67.2. The van der Waals surface area contributed by atoms with Crippen molar-refractivity contribution in [2.24, 2.45) is 0 Å². The summed E-state index contributed by atoms with van der Waals surface area (Å²) in [6.07, 6.45) is 9.48. The number of rotatable bonds is 23. The van der Waals surface area contributed by atoms with Gasteiger partial charge in [-0.1, -0.05) is 58.8 Å². The summed E-state index contributed by atoms with van der Waals surface area (Å²) in [5, 5.41) is 13.5. The Bertz CT molecular complexity index is 7460. The van der Waals surface area contributed by atoms with E-state index in [1.807, 2.05) is 80.3 Å². The summed E-state index contributed by atoms with van der Waals surface area (Å²) in [4.78, 5) is 94.5. The van der Waals surface area contributed by atoms with E-state index in [9.17, 15) is 70.8 Å². The molecular weight excluding hydrogens is 1980 g/mol. The van der Waals surface area contributed by atoms with E-state index in [4.69, 9.17) is 23.2 Å². The van der Waals surface area contributed by atoms with Crippen LogP contribution in [-0.2, 0) is 83.5 Å². The largest absolute Gasteiger partial charge is 0.368 e. The molecule has 6 aliphatic rings. The van der Waals surface area contributed by atoms with Gasteiger partial charge >= 0.3 is 0 Å². The van der Waals surface area contributed by atoms with Crippen molar-refractivity contribution in [2.75, 3.05) is 140 Å². The highest BCUT2D eigenvalue weighted by atomic mass is 35.5. The first-order valence-electron chi connectivity index (χ1n) is 44.4. The number of nitrogens with one attached hydrogen (secondary N) is 4. The van der Waals surface area contributed by atoms with Crippen molar-refractivity contribution in [3.05, 3.63) is 280 Å². The van der Waals surface area contributed by atoms with Crippen molar-refractivity contribution in [1.29, 1.82) is 0 Å². The van der Waals surface area contributed by atoms with Crippen LogP contribution in [0.25, 0.3) is 21.8 Å². The zero-order valence-electron chi connectivity index (χ0n) is 75.4. The molecule has 4 fully saturated rings. The molecule has 6 aliphatic heterocycles. The lowest BCUT2D eigenvalue weighted by Gasteiger charge is -2.41. The molecule has 14 aromatic rings. The van der Waals surface area contributed by atoms with E-state index in [1.54, 1.807) is 142 Å². The number of halogens is 5. The maximum Gasteiger partial charge on any atom is 0.263 e. The van der Waals surface area contributed by atoms with Gasteiger partial charge in [-0.2, -0.15) is 0 Å². The number of carbonyl (C=O) groups is 5. The van der Waals surface area contributed by atoms with Crippen molar-refractivity contribution in [3.8, 4) is 0 Å². The SMILES string of the molecule is C[C@H](C(=O)N1CCN(c2ccc(S(=O)(=O)Nc3ccnc(Cl)c3)cc2)CC1)N1CCCc2cc(F)ccc21.C[C@H](C(=O)N1CCN(c2ccc(S(=O)(=O)Nc3nncs3)cc2)CC1)n1ccc2c(F)cccc21.Cc1csc(NS(=O)(=O)c2ccc(N3CC[C@H](N4CCc5c4ccc(F)c5Cl)C3=O)cc2)n1.O=C(Cn1ccc2ccccc21)N1CCN(c2ccc(S(=O)(=O)Nc3nccs3)cc2)C(=O)C1.[HH].[HH].[HH].[HH].[HH].[HH].[HH]. The fourth-order valence-corrected chi connectivity index (χ4v) is 24.6. The van der Waals surface area contributed by atoms with Gasteiger partial charge in [0.15, 0.2) is 10.3 Å². The molecule has 8 aromatic carbocycles. The summed E-state index contributed by atoms with van der Waals surface area (Å²) in [7, 11) is -15.1. The summed E-state index contributed by atoms with van der Waals surface area (Å²) in [5.41, 5.74) is 10.6. The zero-order valence-corrected chi connectivity index (χ0v) is 82.6. The van der Waals surface area contributed by atoms with Crippen LogP contribution in [0.3, 0.4) is 0 Å². The molecule has 140 heavy (non-hydrogen) atoms. The van der Waals surface area contributed by atoms with Gasteiger partial charge in [-0.05, 0) is 233 Å². The first-order valence-corrected chi connectivity index (χ1v) is 53.8. The second-order valence-electron chi connectivity index (χ2n) is 33.5. The summed E-state index contributed by atoms with van der Waals surface area (Å²) in [6, 6.07) is 51.6. The lowest BCUT2D eigenvalue weighted by atomic mass is 9.99. The minimum Gasteiger partial charge on any atom is -0.368 e. The highest BCUT2D eigenvalue weighted by Gasteiger charge is 2.41. The van der Waals surface area contributed by atoms with E-state index in [0.29, 0.717) is 124 Å². The average Bonchev–Trinajstić information content (AvgIpc) is 1.63. The van der Waals surface area contributed by atoms with Gasteiger partial charge in [-0.15, -0.1) is 32.9 Å². The lowest BCUT2D eigenvalue weighted by Crippen LogP contribution is -2.55. The number of anilines is 10. The number of nitrogens with zero attached hydrogens (tertiary/aromatic N) is 16. The van der Waals surface area contributed by atoms with Gasteiger partial charge in [0, 0.05) is 176 Å². The number of thiazole rings is 2. The van der Waals surface area contributed by atoms with Gasteiger partial charge < -0.3 is 53.2 Å². The lowest BCUT2D eigenvalue weighted by molar-refractivity contribution is -0.137. The number of benzene rings is 8. The van der Waals surface area contributed by atoms with E-state index >= 15 is 0 Å². The highest BCUT2D eigenvalue weighted by molar-refractivity contribution is 7.93. The Kier molecular flexibility index (Phi) is 29.5. The quantitative estimate of drug-likeness (QED) is 0.0432. The normalized spacial score (nSPS) is 16.2. The van der Waals surface area contributed by atoms with Crippen LogP contribution in [0.5, 0.6) is 0 Å². The Labute approximate surface area is 838 Å². The molecule has 5 amide bonds. The second kappa shape index (κ2) is 42.0. The standard InChI is InChI=1S/C27H29ClFN5O3S.C23H23FN6O3S2.C23H21N5O4S2.C22H20ClFN4O3S2.7H2/c1-19(34-12-2-3-20-17-21(29)4-9-25(20)34)27(35)33-15-13-32(14-16-33)23-5-7-24(8-6-23)38(36,37)31-22-10-11-30-26(28)18-22;1-16(30-10-9-19-20(24)3-2-4-21(19)30)22(31)29-13-11-28(12-14-29)17-5-7-18(8-6-17)35(32,33)27-23-26-25-15-34-23;29-21(15-26-11-9-17-3-1-2-4-20(17)26)27-12-13-28(22(30)16-27)18-5-7-19(8-6-18)34(31,32)25-23-24-10-14-33-23;1-13-12-32-22(25-13)26-33(30,31)15-4-2-14(3-5-15)27-11-9-19(21(27)29)28-10-8-16-18(28)7-6-17(24)20(16)23;;;;;;;/h4-11,17-19H,2-3,12-16H2,1H3,(H,30,31);2-10,15-16H,11-14H2,1H3,(H,26,27);1-11,14H,12-13,15-16H2,(H,24,25);2-7,12,19H,8-11H2,1H3,(H,25,26);7*1H/t19-;16-;;19-;;;;;;;/m11.0......./s1. The Morgan fingerprint density at radius 1 is 0.521 bits per heavy atom. The van der Waals surface area contributed by atoms with Crippen molar-refractivity contribution in [3.63, 3.8) is 0 Å². The molecule has 4 saturated heterocycles. The maximum atomic E-state index is 14.0. The minimum atomic E-state index is -3.78. The van der Waals surface area contributed by atoms with Gasteiger partial charge in [0.25, 0.3) is 40.1 Å². The molecule has 20 rings (SSSR count). The summed E-state index contributed by atoms with van der Waals surface area (Å²) in [6.45, 7) is 13.0. The number of carbonyl (C=O) groups excluding carboxylic acids is 5. The van der Waals surface area contributed by atoms with E-state index < -0.39 is 52.0 Å². The van der Waals surface area contributed by atoms with Crippen LogP contribution in [-0.4, -0.2) is 216 Å². The number of piperazine rings is 3. The van der Waals surface area contributed by atoms with Crippen molar-refractivity contribution in [1.82, 2.24) is 49.0 Å². The Balaban J connectivity index is 0.000000198. The smallest absolute Gasteiger partial charge is 0.263 e. The number of hydrogen-bond donors (Lipinski definition) is 4. The monoisotopic (exact) mass is 2090 g/mol. The Morgan fingerprint density at radius 3 is 1.71 bits per heavy atom. The Morgan fingerprint density at radius 2 is 1.11 bits per heavy atom. The topological polar surface area (TPSA) is 373 Å². The number of amides is 5. The Hall–Kier alpha value is -13.3. The number of fused-ring (bicyclic) bond motifs is 4. The van der Waals surface area contributed by atoms with E-state index in [0.717, 1.165) is 81.2 Å². The molecule has 0 aliphatic carbocycles. The van der Waals surface area contributed by atoms with Crippen molar-refractivity contribution < 1.29 is 80.8 Å². The van der Waals surface area contributed by atoms with Crippen LogP contribution in [0.15, 0.2) is 255 Å². The molecule has 6 aromatic heterocycles. The molecule has 0 unspecified atom stereocenters. The van der Waals surface area contributed by atoms with Crippen LogP contribution < -0.4 is 48.3 Å². The van der Waals surface area contributed by atoms with Gasteiger partial charge in [0.2, 0.25) is 34.7 Å². The van der Waals surface area contributed by atoms with Gasteiger partial charge in [0.1, 0.15) is 59.3 Å². The van der Waals surface area contributed by atoms with Crippen LogP contribution in [0, 0.1) is 24.4 Å². The average molecular weight is 2090 g/mol. The van der Waals surface area contributed by atoms with E-state index in [1.165, 1.54) is 95.2 Å². The molecule has 33 nitrogen and oxygen atoms in total. The molecule has 0 saturated carbocycles. The van der Waals surface area contributed by atoms with Gasteiger partial charge in [0.05, 0.1) is 41.5 Å². The summed E-state index contributed by atoms with van der Waals surface area (Å²) in [5.74, 6) is -1.37. The third kappa shape index (κ3) is 22.1. The molecule has 0 bridgehead atoms. The minimum absolute atomic E-state index is 0. The predicted octanol–water partition coefficient (Wildman–Crippen LogP) is 16.2. The fraction of sp³-hybridized carbons (Fsp3) is 0.263. The predicted molar refractivity (Wildman–Crippen MR) is 552 cm³/mol. The number of aromatic nitrogens is 7. The molecule has 12 heterocycles. The molecule has 0 radical (unpaired) electrons.